The fourth-order valence-corrected chi connectivity index (χ4v) is 4.57. The van der Waals surface area contributed by atoms with Gasteiger partial charge in [0.1, 0.15) is 0 Å². The fraction of sp³-hybridized carbons (Fsp3) is 0.231. The van der Waals surface area contributed by atoms with Gasteiger partial charge in [0.25, 0.3) is 0 Å². The number of nitrogens with zero attached hydrogens (tertiary/aromatic N) is 3. The molecule has 5 rings (SSSR count). The summed E-state index contributed by atoms with van der Waals surface area (Å²) in [6.45, 7) is 2.60. The van der Waals surface area contributed by atoms with Crippen molar-refractivity contribution < 1.29 is 4.74 Å². The molecule has 32 heavy (non-hydrogen) atoms. The molecule has 0 unspecified atom stereocenters. The molecular formula is C26H23ClN4O. The molecule has 2 heterocycles. The smallest absolute Gasteiger partial charge is 0.0994 e. The molecular weight excluding hydrogens is 420 g/mol. The predicted molar refractivity (Wildman–Crippen MR) is 127 cm³/mol. The number of aromatic nitrogens is 2. The number of halogens is 1. The molecule has 1 aliphatic carbocycles. The summed E-state index contributed by atoms with van der Waals surface area (Å²) in [6.07, 6.45) is 7.52. The Morgan fingerprint density at radius 2 is 1.97 bits per heavy atom. The molecule has 0 spiro atoms. The summed E-state index contributed by atoms with van der Waals surface area (Å²) >= 11 is 6.53. The summed E-state index contributed by atoms with van der Waals surface area (Å²) in [4.78, 5) is 4.24. The van der Waals surface area contributed by atoms with Crippen LogP contribution in [0.4, 0.5) is 5.69 Å². The van der Waals surface area contributed by atoms with Crippen LogP contribution in [0, 0.1) is 18.3 Å². The predicted octanol–water partition coefficient (Wildman–Crippen LogP) is 6.04. The van der Waals surface area contributed by atoms with Gasteiger partial charge in [-0.05, 0) is 43.0 Å². The lowest BCUT2D eigenvalue weighted by Crippen LogP contribution is -2.33. The van der Waals surface area contributed by atoms with Crippen LogP contribution in [0.5, 0.6) is 0 Å². The number of hydrogen-bond donors (Lipinski definition) is 1. The van der Waals surface area contributed by atoms with Crippen LogP contribution in [0.15, 0.2) is 61.1 Å². The highest BCUT2D eigenvalue weighted by molar-refractivity contribution is 6.36. The van der Waals surface area contributed by atoms with Crippen LogP contribution in [0.3, 0.4) is 0 Å². The molecule has 0 radical (unpaired) electrons. The van der Waals surface area contributed by atoms with Crippen LogP contribution in [0.2, 0.25) is 5.02 Å². The van der Waals surface area contributed by atoms with Crippen molar-refractivity contribution in [1.82, 2.24) is 9.55 Å². The van der Waals surface area contributed by atoms with Crippen molar-refractivity contribution in [1.29, 1.82) is 5.26 Å². The van der Waals surface area contributed by atoms with Crippen molar-refractivity contribution in [2.24, 2.45) is 0 Å². The zero-order valence-electron chi connectivity index (χ0n) is 17.8. The van der Waals surface area contributed by atoms with E-state index in [4.69, 9.17) is 22.1 Å². The fourth-order valence-electron chi connectivity index (χ4n) is 4.38. The molecule has 5 nitrogen and oxygen atoms in total. The summed E-state index contributed by atoms with van der Waals surface area (Å²) in [5.41, 5.74) is 12.1. The molecule has 2 aromatic heterocycles. The molecule has 160 valence electrons. The zero-order valence-corrected chi connectivity index (χ0v) is 18.5. The van der Waals surface area contributed by atoms with Crippen LogP contribution in [-0.2, 0) is 11.3 Å². The number of ether oxygens (including phenoxy) is 1. The Morgan fingerprint density at radius 1 is 1.19 bits per heavy atom. The molecule has 2 aromatic carbocycles. The van der Waals surface area contributed by atoms with Crippen molar-refractivity contribution in [2.45, 2.75) is 38.5 Å². The van der Waals surface area contributed by atoms with E-state index in [2.05, 4.69) is 40.0 Å². The number of fused-ring (bicyclic) bond motifs is 1. The Morgan fingerprint density at radius 3 is 2.72 bits per heavy atom. The van der Waals surface area contributed by atoms with Gasteiger partial charge in [0.2, 0.25) is 0 Å². The highest BCUT2D eigenvalue weighted by atomic mass is 35.5. The van der Waals surface area contributed by atoms with E-state index in [0.717, 1.165) is 40.4 Å². The van der Waals surface area contributed by atoms with Crippen molar-refractivity contribution >= 4 is 28.2 Å². The van der Waals surface area contributed by atoms with Gasteiger partial charge in [-0.25, -0.2) is 0 Å². The molecule has 4 aromatic rings. The van der Waals surface area contributed by atoms with Gasteiger partial charge < -0.3 is 15.0 Å². The average Bonchev–Trinajstić information content (AvgIpc) is 3.12. The Balaban J connectivity index is 1.47. The summed E-state index contributed by atoms with van der Waals surface area (Å²) in [5.74, 6) is 0. The number of nitrogen functional groups attached to an aromatic ring is 1. The van der Waals surface area contributed by atoms with Gasteiger partial charge in [-0.3, -0.25) is 4.98 Å². The number of pyridine rings is 1. The molecule has 0 aliphatic heterocycles. The molecule has 1 fully saturated rings. The molecule has 0 amide bonds. The van der Waals surface area contributed by atoms with E-state index < -0.39 is 0 Å². The monoisotopic (exact) mass is 442 g/mol. The summed E-state index contributed by atoms with van der Waals surface area (Å²) < 4.78 is 8.40. The summed E-state index contributed by atoms with van der Waals surface area (Å²) in [5, 5.41) is 11.0. The van der Waals surface area contributed by atoms with Crippen LogP contribution >= 0.6 is 11.6 Å². The third kappa shape index (κ3) is 3.62. The number of nitriles is 1. The van der Waals surface area contributed by atoms with Crippen LogP contribution in [0.1, 0.15) is 35.6 Å². The largest absolute Gasteiger partial charge is 0.396 e. The maximum Gasteiger partial charge on any atom is 0.0994 e. The highest BCUT2D eigenvalue weighted by Crippen LogP contribution is 2.43. The molecule has 0 bridgehead atoms. The number of hydrogen-bond acceptors (Lipinski definition) is 4. The number of anilines is 1. The second-order valence-electron chi connectivity index (χ2n) is 8.38. The van der Waals surface area contributed by atoms with E-state index >= 15 is 0 Å². The van der Waals surface area contributed by atoms with Gasteiger partial charge in [-0.1, -0.05) is 41.9 Å². The minimum absolute atomic E-state index is 0.234. The van der Waals surface area contributed by atoms with E-state index in [-0.39, 0.29) is 6.10 Å². The van der Waals surface area contributed by atoms with Crippen molar-refractivity contribution in [3.63, 3.8) is 0 Å². The van der Waals surface area contributed by atoms with E-state index in [0.29, 0.717) is 28.9 Å². The zero-order chi connectivity index (χ0) is 22.2. The maximum absolute atomic E-state index is 9.57. The lowest BCUT2D eigenvalue weighted by Gasteiger charge is -2.36. The second-order valence-corrected chi connectivity index (χ2v) is 8.76. The lowest BCUT2D eigenvalue weighted by atomic mass is 9.88. The van der Waals surface area contributed by atoms with Gasteiger partial charge in [0, 0.05) is 40.5 Å². The van der Waals surface area contributed by atoms with Crippen LogP contribution in [0.25, 0.3) is 22.0 Å². The Bertz CT molecular complexity index is 1330. The van der Waals surface area contributed by atoms with Crippen LogP contribution in [-0.4, -0.2) is 15.7 Å². The number of aryl methyl sites for hydroxylation is 1. The first kappa shape index (κ1) is 20.6. The first-order valence-electron chi connectivity index (χ1n) is 10.7. The van der Waals surface area contributed by atoms with Gasteiger partial charge >= 0.3 is 0 Å². The van der Waals surface area contributed by atoms with E-state index in [1.165, 1.54) is 5.56 Å². The highest BCUT2D eigenvalue weighted by Gasteiger charge is 2.33. The quantitative estimate of drug-likeness (QED) is 0.408. The number of benzene rings is 2. The van der Waals surface area contributed by atoms with E-state index in [1.54, 1.807) is 12.4 Å². The number of rotatable bonds is 5. The van der Waals surface area contributed by atoms with Gasteiger partial charge in [0.15, 0.2) is 0 Å². The number of nitrogens with two attached hydrogens (primary N) is 1. The summed E-state index contributed by atoms with van der Waals surface area (Å²) in [7, 11) is 0. The van der Waals surface area contributed by atoms with Crippen LogP contribution < -0.4 is 5.73 Å². The topological polar surface area (TPSA) is 76.9 Å². The minimum atomic E-state index is 0.234. The van der Waals surface area contributed by atoms with Gasteiger partial charge in [0.05, 0.1) is 41.3 Å². The molecule has 0 atom stereocenters. The lowest BCUT2D eigenvalue weighted by molar-refractivity contribution is -0.0346. The standard InChI is InChI=1S/C26H23ClN4O/c1-16-7-25-21(8-18(16)11-28)23(22-12-30-13-24(29)26(22)27)14-31(25)19-9-20(10-19)32-15-17-5-3-2-4-6-17/h2-8,12-14,19-20H,9-10,15,29H2,1H3/t19-,20+. The minimum Gasteiger partial charge on any atom is -0.396 e. The SMILES string of the molecule is Cc1cc2c(cc1C#N)c(-c1cncc(N)c1Cl)cn2[C@H]1C[C@@H](OCc2ccccc2)C1. The Labute approximate surface area is 192 Å². The van der Waals surface area contributed by atoms with E-state index in [1.807, 2.05) is 31.2 Å². The molecule has 6 heteroatoms. The summed E-state index contributed by atoms with van der Waals surface area (Å²) in [6, 6.07) is 16.9. The molecule has 2 N–H and O–H groups in total. The first-order valence-corrected chi connectivity index (χ1v) is 11.0. The van der Waals surface area contributed by atoms with Gasteiger partial charge in [-0.15, -0.1) is 0 Å². The first-order chi connectivity index (χ1) is 15.5. The van der Waals surface area contributed by atoms with E-state index in [9.17, 15) is 5.26 Å². The molecule has 0 saturated heterocycles. The third-order valence-electron chi connectivity index (χ3n) is 6.29. The molecule has 1 saturated carbocycles. The van der Waals surface area contributed by atoms with Crippen molar-refractivity contribution in [3.05, 3.63) is 82.8 Å². The Kier molecular flexibility index (Phi) is 5.34. The third-order valence-corrected chi connectivity index (χ3v) is 6.71. The Hall–Kier alpha value is -3.33. The van der Waals surface area contributed by atoms with Gasteiger partial charge in [-0.2, -0.15) is 5.26 Å². The second kappa shape index (κ2) is 8.31. The van der Waals surface area contributed by atoms with Crippen molar-refractivity contribution in [3.8, 4) is 17.2 Å². The average molecular weight is 443 g/mol. The maximum atomic E-state index is 9.57. The molecule has 1 aliphatic rings. The van der Waals surface area contributed by atoms with Crippen molar-refractivity contribution in [2.75, 3.05) is 5.73 Å². The normalized spacial score (nSPS) is 17.8.